The molecular weight excluding hydrogens is 427 g/mol. The van der Waals surface area contributed by atoms with Crippen LogP contribution in [0.4, 0.5) is 10.1 Å². The first-order chi connectivity index (χ1) is 16.4. The summed E-state index contributed by atoms with van der Waals surface area (Å²) in [5.41, 5.74) is 8.24. The summed E-state index contributed by atoms with van der Waals surface area (Å²) in [7, 11) is 0. The molecule has 0 unspecified atom stereocenters. The molecular formula is C28H29FN4O. The van der Waals surface area contributed by atoms with Gasteiger partial charge in [0, 0.05) is 43.6 Å². The Kier molecular flexibility index (Phi) is 5.82. The molecule has 2 aromatic carbocycles. The number of amides is 1. The Labute approximate surface area is 199 Å². The zero-order valence-electron chi connectivity index (χ0n) is 19.9. The van der Waals surface area contributed by atoms with Gasteiger partial charge in [-0.2, -0.15) is 0 Å². The number of pyridine rings is 1. The number of carbonyl (C=O) groups is 1. The molecule has 1 saturated heterocycles. The van der Waals surface area contributed by atoms with Gasteiger partial charge in [-0.05, 0) is 73.9 Å². The number of hydrogen-bond donors (Lipinski definition) is 0. The van der Waals surface area contributed by atoms with E-state index in [4.69, 9.17) is 4.98 Å². The van der Waals surface area contributed by atoms with Crippen molar-refractivity contribution >= 4 is 17.2 Å². The van der Waals surface area contributed by atoms with Crippen molar-refractivity contribution < 1.29 is 9.18 Å². The maximum absolute atomic E-state index is 13.4. The minimum absolute atomic E-state index is 0.104. The molecule has 1 aliphatic rings. The lowest BCUT2D eigenvalue weighted by atomic mass is 10.0. The summed E-state index contributed by atoms with van der Waals surface area (Å²) in [5, 5.41) is 0. The SMILES string of the molecule is Cc1ccc(-c2nc3c(C)cccn3c2CC(=O)N2CCN(c3ccc(F)cc3)CC2)cc1C. The summed E-state index contributed by atoms with van der Waals surface area (Å²) in [6.07, 6.45) is 2.29. The smallest absolute Gasteiger partial charge is 0.228 e. The van der Waals surface area contributed by atoms with Crippen molar-refractivity contribution in [1.29, 1.82) is 0 Å². The number of nitrogens with zero attached hydrogens (tertiary/aromatic N) is 4. The number of hydrogen-bond acceptors (Lipinski definition) is 3. The standard InChI is InChI=1S/C28H29FN4O/c1-19-6-7-22(17-21(19)3)27-25(33-12-4-5-20(2)28(33)30-27)18-26(34)32-15-13-31(14-16-32)24-10-8-23(29)9-11-24/h4-12,17H,13-16,18H2,1-3H3. The van der Waals surface area contributed by atoms with Gasteiger partial charge in [0.25, 0.3) is 0 Å². The number of rotatable bonds is 4. The predicted molar refractivity (Wildman–Crippen MR) is 134 cm³/mol. The first-order valence-electron chi connectivity index (χ1n) is 11.7. The minimum Gasteiger partial charge on any atom is -0.368 e. The molecule has 2 aromatic heterocycles. The van der Waals surface area contributed by atoms with Crippen LogP contribution >= 0.6 is 0 Å². The number of halogens is 1. The molecule has 0 atom stereocenters. The summed E-state index contributed by atoms with van der Waals surface area (Å²) in [6.45, 7) is 9.00. The Morgan fingerprint density at radius 1 is 0.912 bits per heavy atom. The average Bonchev–Trinajstić information content (AvgIpc) is 3.21. The number of carbonyl (C=O) groups excluding carboxylic acids is 1. The number of fused-ring (bicyclic) bond motifs is 1. The van der Waals surface area contributed by atoms with E-state index in [0.717, 1.165) is 46.9 Å². The fraction of sp³-hybridized carbons (Fsp3) is 0.286. The van der Waals surface area contributed by atoms with E-state index in [1.807, 2.05) is 30.2 Å². The van der Waals surface area contributed by atoms with Crippen LogP contribution in [0.2, 0.25) is 0 Å². The largest absolute Gasteiger partial charge is 0.368 e. The Bertz CT molecular complexity index is 1350. The van der Waals surface area contributed by atoms with E-state index in [0.29, 0.717) is 19.5 Å². The van der Waals surface area contributed by atoms with Crippen LogP contribution in [0.25, 0.3) is 16.9 Å². The summed E-state index contributed by atoms with van der Waals surface area (Å²) in [6, 6.07) is 17.0. The molecule has 0 radical (unpaired) electrons. The molecule has 34 heavy (non-hydrogen) atoms. The number of anilines is 1. The highest BCUT2D eigenvalue weighted by Gasteiger charge is 2.25. The quantitative estimate of drug-likeness (QED) is 0.436. The fourth-order valence-corrected chi connectivity index (χ4v) is 4.66. The van der Waals surface area contributed by atoms with Gasteiger partial charge in [0.2, 0.25) is 5.91 Å². The molecule has 0 aliphatic carbocycles. The molecule has 1 aliphatic heterocycles. The summed E-state index contributed by atoms with van der Waals surface area (Å²) in [5.74, 6) is -0.132. The third kappa shape index (κ3) is 4.16. The highest BCUT2D eigenvalue weighted by molar-refractivity contribution is 5.82. The maximum atomic E-state index is 13.4. The Morgan fingerprint density at radius 2 is 1.65 bits per heavy atom. The number of piperazine rings is 1. The van der Waals surface area contributed by atoms with Gasteiger partial charge in [0.15, 0.2) is 0 Å². The molecule has 0 saturated carbocycles. The van der Waals surface area contributed by atoms with Gasteiger partial charge < -0.3 is 14.2 Å². The van der Waals surface area contributed by atoms with Crippen molar-refractivity contribution in [3.63, 3.8) is 0 Å². The van der Waals surface area contributed by atoms with Crippen LogP contribution in [0.15, 0.2) is 60.8 Å². The molecule has 1 amide bonds. The fourth-order valence-electron chi connectivity index (χ4n) is 4.66. The summed E-state index contributed by atoms with van der Waals surface area (Å²) < 4.78 is 15.3. The predicted octanol–water partition coefficient (Wildman–Crippen LogP) is 4.96. The molecule has 0 spiro atoms. The molecule has 3 heterocycles. The first kappa shape index (κ1) is 22.1. The van der Waals surface area contributed by atoms with Gasteiger partial charge in [-0.25, -0.2) is 9.37 Å². The zero-order valence-corrected chi connectivity index (χ0v) is 19.9. The van der Waals surface area contributed by atoms with Gasteiger partial charge in [0.1, 0.15) is 11.5 Å². The van der Waals surface area contributed by atoms with Crippen LogP contribution in [0, 0.1) is 26.6 Å². The van der Waals surface area contributed by atoms with E-state index in [1.54, 1.807) is 12.1 Å². The Balaban J connectivity index is 1.40. The van der Waals surface area contributed by atoms with Crippen LogP contribution in [0.5, 0.6) is 0 Å². The van der Waals surface area contributed by atoms with Crippen molar-refractivity contribution in [2.24, 2.45) is 0 Å². The van der Waals surface area contributed by atoms with Gasteiger partial charge in [-0.3, -0.25) is 4.79 Å². The van der Waals surface area contributed by atoms with E-state index in [-0.39, 0.29) is 11.7 Å². The maximum Gasteiger partial charge on any atom is 0.228 e. The van der Waals surface area contributed by atoms with Crippen molar-refractivity contribution in [2.45, 2.75) is 27.2 Å². The molecule has 4 aromatic rings. The van der Waals surface area contributed by atoms with Gasteiger partial charge in [0.05, 0.1) is 17.8 Å². The van der Waals surface area contributed by atoms with E-state index in [9.17, 15) is 9.18 Å². The lowest BCUT2D eigenvalue weighted by Crippen LogP contribution is -2.49. The van der Waals surface area contributed by atoms with Gasteiger partial charge in [-0.15, -0.1) is 0 Å². The number of imidazole rings is 1. The third-order valence-electron chi connectivity index (χ3n) is 6.87. The summed E-state index contributed by atoms with van der Waals surface area (Å²) >= 11 is 0. The van der Waals surface area contributed by atoms with Crippen LogP contribution < -0.4 is 4.90 Å². The average molecular weight is 457 g/mol. The molecule has 6 heteroatoms. The van der Waals surface area contributed by atoms with Crippen molar-refractivity contribution in [1.82, 2.24) is 14.3 Å². The Morgan fingerprint density at radius 3 is 2.35 bits per heavy atom. The molecule has 5 nitrogen and oxygen atoms in total. The molecule has 5 rings (SSSR count). The first-order valence-corrected chi connectivity index (χ1v) is 11.7. The van der Waals surface area contributed by atoms with Crippen LogP contribution in [-0.4, -0.2) is 46.4 Å². The number of benzene rings is 2. The number of aryl methyl sites for hydroxylation is 3. The van der Waals surface area contributed by atoms with Crippen LogP contribution in [-0.2, 0) is 11.2 Å². The van der Waals surface area contributed by atoms with Crippen LogP contribution in [0.3, 0.4) is 0 Å². The van der Waals surface area contributed by atoms with Gasteiger partial charge in [-0.1, -0.05) is 18.2 Å². The minimum atomic E-state index is -0.236. The topological polar surface area (TPSA) is 40.9 Å². The molecule has 0 N–H and O–H groups in total. The van der Waals surface area contributed by atoms with Crippen molar-refractivity contribution in [3.8, 4) is 11.3 Å². The highest BCUT2D eigenvalue weighted by atomic mass is 19.1. The molecule has 174 valence electrons. The van der Waals surface area contributed by atoms with Crippen molar-refractivity contribution in [2.75, 3.05) is 31.1 Å². The normalized spacial score (nSPS) is 14.1. The lowest BCUT2D eigenvalue weighted by Gasteiger charge is -2.36. The number of aromatic nitrogens is 2. The highest BCUT2D eigenvalue weighted by Crippen LogP contribution is 2.28. The second kappa shape index (κ2) is 8.93. The molecule has 1 fully saturated rings. The van der Waals surface area contributed by atoms with Gasteiger partial charge >= 0.3 is 0 Å². The van der Waals surface area contributed by atoms with Crippen LogP contribution in [0.1, 0.15) is 22.4 Å². The third-order valence-corrected chi connectivity index (χ3v) is 6.87. The summed E-state index contributed by atoms with van der Waals surface area (Å²) in [4.78, 5) is 22.5. The Hall–Kier alpha value is -3.67. The van der Waals surface area contributed by atoms with Crippen molar-refractivity contribution in [3.05, 3.63) is 89.0 Å². The van der Waals surface area contributed by atoms with E-state index in [2.05, 4.69) is 41.3 Å². The second-order valence-electron chi connectivity index (χ2n) is 9.11. The molecule has 0 bridgehead atoms. The van der Waals surface area contributed by atoms with E-state index < -0.39 is 0 Å². The zero-order chi connectivity index (χ0) is 23.8. The second-order valence-corrected chi connectivity index (χ2v) is 9.11. The van der Waals surface area contributed by atoms with E-state index >= 15 is 0 Å². The van der Waals surface area contributed by atoms with E-state index in [1.165, 1.54) is 23.3 Å². The monoisotopic (exact) mass is 456 g/mol. The lowest BCUT2D eigenvalue weighted by molar-refractivity contribution is -0.130.